The molecule has 1 heterocycles. The van der Waals surface area contributed by atoms with Gasteiger partial charge in [0.1, 0.15) is 0 Å². The minimum absolute atomic E-state index is 0.565. The van der Waals surface area contributed by atoms with E-state index in [4.69, 9.17) is 0 Å². The van der Waals surface area contributed by atoms with Gasteiger partial charge in [-0.2, -0.15) is 0 Å². The highest BCUT2D eigenvalue weighted by Crippen LogP contribution is 2.19. The third kappa shape index (κ3) is 2.92. The van der Waals surface area contributed by atoms with E-state index in [9.17, 15) is 19.8 Å². The minimum atomic E-state index is -1.73. The largest absolute Gasteiger partial charge is 0.545 e. The van der Waals surface area contributed by atoms with E-state index in [-0.39, 0.29) is 0 Å². The van der Waals surface area contributed by atoms with Gasteiger partial charge in [0.2, 0.25) is 0 Å². The molecule has 0 saturated heterocycles. The summed E-state index contributed by atoms with van der Waals surface area (Å²) < 4.78 is 0. The minimum Gasteiger partial charge on any atom is -0.545 e. The average Bonchev–Trinajstić information content (AvgIpc) is 2.60. The molecule has 0 spiro atoms. The second-order valence-electron chi connectivity index (χ2n) is 2.79. The van der Waals surface area contributed by atoms with E-state index in [1.54, 1.807) is 6.07 Å². The number of rotatable bonds is 4. The van der Waals surface area contributed by atoms with Crippen molar-refractivity contribution >= 4 is 29.4 Å². The lowest BCUT2D eigenvalue weighted by atomic mass is 10.2. The van der Waals surface area contributed by atoms with Gasteiger partial charge in [0, 0.05) is 15.3 Å². The molecule has 0 aliphatic heterocycles. The Kier molecular flexibility index (Phi) is 3.62. The van der Waals surface area contributed by atoms with Crippen LogP contribution in [-0.4, -0.2) is 11.9 Å². The van der Waals surface area contributed by atoms with E-state index in [0.717, 1.165) is 17.4 Å². The van der Waals surface area contributed by atoms with Gasteiger partial charge in [-0.05, 0) is 24.6 Å². The van der Waals surface area contributed by atoms with Gasteiger partial charge in [0.05, 0.1) is 11.9 Å². The van der Waals surface area contributed by atoms with E-state index in [1.165, 1.54) is 11.3 Å². The second kappa shape index (κ2) is 4.75. The Labute approximate surface area is 90.5 Å². The zero-order chi connectivity index (χ0) is 11.4. The number of carboxylic acid groups (broad SMARTS) is 2. The molecule has 15 heavy (non-hydrogen) atoms. The number of hydrogen-bond acceptors (Lipinski definition) is 5. The van der Waals surface area contributed by atoms with Crippen LogP contribution in [0.25, 0.3) is 6.08 Å². The number of carbonyl (C=O) groups is 2. The normalized spacial score (nSPS) is 9.67. The zero-order valence-electron chi connectivity index (χ0n) is 7.98. The molecule has 0 N–H and O–H groups in total. The zero-order valence-corrected chi connectivity index (χ0v) is 8.80. The van der Waals surface area contributed by atoms with Gasteiger partial charge in [-0.25, -0.2) is 0 Å². The van der Waals surface area contributed by atoms with E-state index < -0.39 is 17.5 Å². The Hall–Kier alpha value is -1.62. The van der Waals surface area contributed by atoms with Gasteiger partial charge >= 0.3 is 0 Å². The molecular formula is C10H8O4S-2. The summed E-state index contributed by atoms with van der Waals surface area (Å²) in [6.07, 6.45) is 1.87. The molecule has 0 aliphatic carbocycles. The predicted octanol–water partition coefficient (Wildman–Crippen LogP) is -0.806. The van der Waals surface area contributed by atoms with Crippen molar-refractivity contribution in [3.8, 4) is 0 Å². The van der Waals surface area contributed by atoms with Gasteiger partial charge in [0.25, 0.3) is 0 Å². The maximum atomic E-state index is 10.4. The van der Waals surface area contributed by atoms with Crippen molar-refractivity contribution in [2.24, 2.45) is 0 Å². The van der Waals surface area contributed by atoms with Gasteiger partial charge in [-0.1, -0.05) is 6.92 Å². The molecule has 1 aromatic rings. The highest BCUT2D eigenvalue weighted by atomic mass is 32.1. The first-order valence-electron chi connectivity index (χ1n) is 4.27. The fourth-order valence-corrected chi connectivity index (χ4v) is 1.90. The van der Waals surface area contributed by atoms with Crippen LogP contribution in [-0.2, 0) is 16.0 Å². The molecular weight excluding hydrogens is 216 g/mol. The summed E-state index contributed by atoms with van der Waals surface area (Å²) in [6, 6.07) is 3.48. The Balaban J connectivity index is 3.02. The Morgan fingerprint density at radius 3 is 2.33 bits per heavy atom. The van der Waals surface area contributed by atoms with Crippen molar-refractivity contribution in [1.29, 1.82) is 0 Å². The van der Waals surface area contributed by atoms with Crippen LogP contribution in [0.2, 0.25) is 0 Å². The number of hydrogen-bond donors (Lipinski definition) is 0. The third-order valence-corrected chi connectivity index (χ3v) is 2.93. The van der Waals surface area contributed by atoms with E-state index in [2.05, 4.69) is 0 Å². The summed E-state index contributed by atoms with van der Waals surface area (Å²) in [5.74, 6) is -3.47. The highest BCUT2D eigenvalue weighted by Gasteiger charge is 2.02. The van der Waals surface area contributed by atoms with Crippen LogP contribution in [0.4, 0.5) is 0 Å². The van der Waals surface area contributed by atoms with Crippen molar-refractivity contribution in [1.82, 2.24) is 0 Å². The van der Waals surface area contributed by atoms with Gasteiger partial charge in [-0.15, -0.1) is 11.3 Å². The van der Waals surface area contributed by atoms with Crippen molar-refractivity contribution in [2.75, 3.05) is 0 Å². The Bertz CT molecular complexity index is 401. The standard InChI is InChI=1S/C10H10O4S/c1-2-6-3-4-7(15-6)5-8(9(11)12)10(13)14/h3-5H,2H2,1H3,(H,11,12)(H,13,14)/p-2. The maximum absolute atomic E-state index is 10.4. The van der Waals surface area contributed by atoms with Gasteiger partial charge in [0.15, 0.2) is 0 Å². The molecule has 0 aliphatic rings. The lowest BCUT2D eigenvalue weighted by Crippen LogP contribution is -2.35. The third-order valence-electron chi connectivity index (χ3n) is 1.76. The monoisotopic (exact) mass is 224 g/mol. The molecule has 0 bridgehead atoms. The van der Waals surface area contributed by atoms with Crippen LogP contribution in [0, 0.1) is 0 Å². The quantitative estimate of drug-likeness (QED) is 0.381. The van der Waals surface area contributed by atoms with Gasteiger partial charge < -0.3 is 19.8 Å². The average molecular weight is 224 g/mol. The molecule has 0 amide bonds. The van der Waals surface area contributed by atoms with Crippen molar-refractivity contribution in [3.05, 3.63) is 27.5 Å². The van der Waals surface area contributed by atoms with Crippen LogP contribution >= 0.6 is 11.3 Å². The number of aryl methyl sites for hydroxylation is 1. The van der Waals surface area contributed by atoms with Crippen LogP contribution in [0.5, 0.6) is 0 Å². The first-order valence-corrected chi connectivity index (χ1v) is 5.09. The lowest BCUT2D eigenvalue weighted by Gasteiger charge is -2.08. The summed E-state index contributed by atoms with van der Waals surface area (Å²) >= 11 is 1.34. The van der Waals surface area contributed by atoms with Crippen molar-refractivity contribution in [2.45, 2.75) is 13.3 Å². The molecule has 1 rings (SSSR count). The Morgan fingerprint density at radius 2 is 1.93 bits per heavy atom. The molecule has 80 valence electrons. The van der Waals surface area contributed by atoms with E-state index in [1.807, 2.05) is 13.0 Å². The molecule has 4 nitrogen and oxygen atoms in total. The summed E-state index contributed by atoms with van der Waals surface area (Å²) in [6.45, 7) is 1.96. The maximum Gasteiger partial charge on any atom is 0.0734 e. The molecule has 0 fully saturated rings. The lowest BCUT2D eigenvalue weighted by molar-refractivity contribution is -0.311. The molecule has 1 aromatic heterocycles. The summed E-state index contributed by atoms with van der Waals surface area (Å²) in [4.78, 5) is 22.5. The predicted molar refractivity (Wildman–Crippen MR) is 51.7 cm³/mol. The van der Waals surface area contributed by atoms with Crippen LogP contribution in [0.15, 0.2) is 17.7 Å². The van der Waals surface area contributed by atoms with Gasteiger partial charge in [-0.3, -0.25) is 0 Å². The van der Waals surface area contributed by atoms with Crippen molar-refractivity contribution in [3.63, 3.8) is 0 Å². The van der Waals surface area contributed by atoms with E-state index in [0.29, 0.717) is 4.88 Å². The van der Waals surface area contributed by atoms with Crippen LogP contribution in [0.3, 0.4) is 0 Å². The molecule has 0 unspecified atom stereocenters. The highest BCUT2D eigenvalue weighted by molar-refractivity contribution is 7.12. The molecule has 0 saturated carbocycles. The van der Waals surface area contributed by atoms with Crippen LogP contribution < -0.4 is 10.2 Å². The summed E-state index contributed by atoms with van der Waals surface area (Å²) in [7, 11) is 0. The molecule has 0 radical (unpaired) electrons. The number of carbonyl (C=O) groups excluding carboxylic acids is 2. The fraction of sp³-hybridized carbons (Fsp3) is 0.200. The number of carboxylic acids is 2. The molecule has 0 atom stereocenters. The summed E-state index contributed by atoms with van der Waals surface area (Å²) in [5, 5.41) is 20.9. The topological polar surface area (TPSA) is 80.3 Å². The van der Waals surface area contributed by atoms with Crippen molar-refractivity contribution < 1.29 is 19.8 Å². The fourth-order valence-electron chi connectivity index (χ4n) is 1.01. The SMILES string of the molecule is CCc1ccc(C=C(C(=O)[O-])C(=O)[O-])s1. The second-order valence-corrected chi connectivity index (χ2v) is 3.99. The molecule has 5 heteroatoms. The smallest absolute Gasteiger partial charge is 0.0734 e. The Morgan fingerprint density at radius 1 is 1.33 bits per heavy atom. The molecule has 0 aromatic carbocycles. The summed E-state index contributed by atoms with van der Waals surface area (Å²) in [5.41, 5.74) is -0.834. The first kappa shape index (κ1) is 11.5. The van der Waals surface area contributed by atoms with Crippen LogP contribution in [0.1, 0.15) is 16.7 Å². The number of aliphatic carboxylic acids is 2. The van der Waals surface area contributed by atoms with E-state index >= 15 is 0 Å². The first-order chi connectivity index (χ1) is 7.04. The number of thiophene rings is 1.